The molecule has 11 heteroatoms. The molecule has 1 aliphatic heterocycles. The zero-order chi connectivity index (χ0) is 24.6. The highest BCUT2D eigenvalue weighted by atomic mass is 32.0. The zero-order valence-corrected chi connectivity index (χ0v) is 21.5. The lowest BCUT2D eigenvalue weighted by Crippen LogP contribution is -2.16. The molecular formula is C22H33O8P3-2. The molecule has 1 fully saturated rings. The number of carbonyl (C=O) groups excluding carboxylic acids is 2. The van der Waals surface area contributed by atoms with E-state index in [-0.39, 0.29) is 45.2 Å². The molecule has 2 aromatic carbocycles. The molecule has 0 amide bonds. The summed E-state index contributed by atoms with van der Waals surface area (Å²) in [5.41, 5.74) is 1.88. The molecule has 2 atom stereocenters. The minimum absolute atomic E-state index is 0. The van der Waals surface area contributed by atoms with Gasteiger partial charge in [0.05, 0.1) is 27.7 Å². The van der Waals surface area contributed by atoms with Crippen molar-refractivity contribution in [1.82, 2.24) is 0 Å². The lowest BCUT2D eigenvalue weighted by atomic mass is 10.2. The number of cyclic esters (lactones) is 2. The lowest BCUT2D eigenvalue weighted by molar-refractivity contribution is 0.0192. The second-order valence-electron chi connectivity index (χ2n) is 5.89. The van der Waals surface area contributed by atoms with E-state index < -0.39 is 12.3 Å². The smallest absolute Gasteiger partial charge is 0.508 e. The molecule has 2 N–H and O–H groups in total. The molecule has 2 aromatic rings. The minimum Gasteiger partial charge on any atom is -1.51 e. The van der Waals surface area contributed by atoms with Crippen LogP contribution in [0.15, 0.2) is 60.7 Å². The summed E-state index contributed by atoms with van der Waals surface area (Å²) >= 11 is 0. The number of carbonyl (C=O) groups is 2. The fourth-order valence-electron chi connectivity index (χ4n) is 1.97. The third-order valence-electron chi connectivity index (χ3n) is 3.48. The van der Waals surface area contributed by atoms with Gasteiger partial charge in [-0.25, -0.2) is 9.59 Å². The number of ether oxygens (including phenoxy) is 4. The first-order valence-electron chi connectivity index (χ1n) is 10.3. The normalized spacial score (nSPS) is 11.8. The van der Waals surface area contributed by atoms with Crippen LogP contribution in [-0.2, 0) is 32.2 Å². The van der Waals surface area contributed by atoms with Crippen LogP contribution in [0.25, 0.3) is 0 Å². The Hall–Kier alpha value is -1.81. The topological polar surface area (TPSA) is 112 Å². The maximum Gasteiger partial charge on any atom is 0.508 e. The maximum atomic E-state index is 11.0. The van der Waals surface area contributed by atoms with Crippen molar-refractivity contribution in [2.45, 2.75) is 26.1 Å². The zero-order valence-electron chi connectivity index (χ0n) is 19.4. The first kappa shape index (κ1) is 31.2. The summed E-state index contributed by atoms with van der Waals surface area (Å²) in [4.78, 5) is 21.0. The second-order valence-corrected chi connectivity index (χ2v) is 5.89. The van der Waals surface area contributed by atoms with Crippen molar-refractivity contribution in [3.8, 4) is 0 Å². The van der Waals surface area contributed by atoms with E-state index in [0.717, 1.165) is 17.5 Å². The summed E-state index contributed by atoms with van der Waals surface area (Å²) < 4.78 is 24.5. The van der Waals surface area contributed by atoms with Crippen molar-refractivity contribution in [1.29, 1.82) is 1.28 Å². The van der Waals surface area contributed by atoms with Crippen molar-refractivity contribution in [2.24, 2.45) is 0 Å². The van der Waals surface area contributed by atoms with Gasteiger partial charge in [0.2, 0.25) is 0 Å². The monoisotopic (exact) mass is 519 g/mol. The van der Waals surface area contributed by atoms with Crippen LogP contribution >= 0.6 is 27.7 Å². The number of rotatable bonds is 6. The van der Waals surface area contributed by atoms with E-state index in [4.69, 9.17) is 16.2 Å². The summed E-state index contributed by atoms with van der Waals surface area (Å²) in [5, 5.41) is 17.0. The van der Waals surface area contributed by atoms with Gasteiger partial charge in [0.15, 0.2) is 0 Å². The van der Waals surface area contributed by atoms with Crippen LogP contribution in [0.5, 0.6) is 0 Å². The Morgan fingerprint density at radius 2 is 1.48 bits per heavy atom. The molecule has 0 bridgehead atoms. The molecule has 0 spiro atoms. The summed E-state index contributed by atoms with van der Waals surface area (Å²) in [6.07, 6.45) is 0.0187. The number of benzene rings is 2. The molecule has 186 valence electrons. The van der Waals surface area contributed by atoms with Gasteiger partial charge in [-0.05, 0) is 11.1 Å². The predicted octanol–water partition coefficient (Wildman–Crippen LogP) is 4.69. The summed E-state index contributed by atoms with van der Waals surface area (Å²) in [5.74, 6) is 0. The van der Waals surface area contributed by atoms with Crippen LogP contribution in [-0.4, -0.2) is 50.2 Å². The van der Waals surface area contributed by atoms with Gasteiger partial charge in [-0.2, -0.15) is 0 Å². The Morgan fingerprint density at radius 1 is 0.970 bits per heavy atom. The largest absolute Gasteiger partial charge is 1.51 e. The Kier molecular flexibility index (Phi) is 23.5. The molecule has 0 saturated carbocycles. The first-order chi connectivity index (χ1) is 16.1. The van der Waals surface area contributed by atoms with Crippen molar-refractivity contribution >= 4 is 40.0 Å². The molecule has 1 aliphatic rings. The Labute approximate surface area is 204 Å². The highest BCUT2D eigenvalue weighted by Gasteiger charge is 2.07. The third-order valence-corrected chi connectivity index (χ3v) is 3.48. The first-order valence-corrected chi connectivity index (χ1v) is 12.1. The molecule has 3 rings (SSSR count). The Bertz CT molecular complexity index is 719. The van der Waals surface area contributed by atoms with Crippen LogP contribution in [0.2, 0.25) is 0 Å². The molecule has 0 aromatic heterocycles. The van der Waals surface area contributed by atoms with Crippen LogP contribution in [0.3, 0.4) is 0 Å². The molecule has 2 unspecified atom stereocenters. The fraction of sp³-hybridized carbons (Fsp3) is 0.364. The molecular weight excluding hydrogens is 485 g/mol. The standard InChI is InChI=1S/C11H14O4.C7H8O.C4H6O3.H4P2.HP/c12-7-4-8-14-11(13)15-9-10-5-2-1-3-6-10;8-6-7-4-2-1-3-5-7;5-4-6-2-1-3-7-4;1-2;/h1-3,5-6,12H,4,7-9H2;1-5,8H,6H2;1-3H2;1-2H2;1H/q;;;;-2/i;;;1D;. The van der Waals surface area contributed by atoms with Gasteiger partial charge in [-0.15, -0.1) is 17.8 Å². The molecule has 33 heavy (non-hydrogen) atoms. The van der Waals surface area contributed by atoms with Gasteiger partial charge in [0.25, 0.3) is 0 Å². The predicted molar refractivity (Wildman–Crippen MR) is 136 cm³/mol. The van der Waals surface area contributed by atoms with Crippen LogP contribution in [0.4, 0.5) is 9.59 Å². The SMILES string of the molecule is O=C(OCCCO)OCc1ccccc1.O=C1OCCCO1.OCc1ccccc1.[2H]PP.[PH-2]. The van der Waals surface area contributed by atoms with E-state index >= 15 is 0 Å². The quantitative estimate of drug-likeness (QED) is 0.321. The van der Waals surface area contributed by atoms with E-state index in [9.17, 15) is 9.59 Å². The average Bonchev–Trinajstić information content (AvgIpc) is 2.86. The number of hydrogen-bond donors (Lipinski definition) is 2. The van der Waals surface area contributed by atoms with Crippen molar-refractivity contribution < 1.29 is 38.7 Å². The van der Waals surface area contributed by atoms with Crippen molar-refractivity contribution in [3.63, 3.8) is 0 Å². The third kappa shape index (κ3) is 20.5. The number of hydrogen-bond acceptors (Lipinski definition) is 8. The van der Waals surface area contributed by atoms with Crippen molar-refractivity contribution in [3.05, 3.63) is 71.8 Å². The molecule has 0 radical (unpaired) electrons. The molecule has 1 saturated heterocycles. The maximum absolute atomic E-state index is 11.0. The fourth-order valence-corrected chi connectivity index (χ4v) is 1.97. The van der Waals surface area contributed by atoms with Gasteiger partial charge in [-0.3, -0.25) is 0 Å². The van der Waals surface area contributed by atoms with Gasteiger partial charge in [0.1, 0.15) is 6.61 Å². The van der Waals surface area contributed by atoms with E-state index in [1.807, 2.05) is 60.7 Å². The van der Waals surface area contributed by atoms with Gasteiger partial charge in [0, 0.05) is 19.4 Å². The highest BCUT2D eigenvalue weighted by molar-refractivity contribution is 7.92. The van der Waals surface area contributed by atoms with Crippen LogP contribution in [0.1, 0.15) is 24.0 Å². The molecule has 0 aliphatic carbocycles. The second kappa shape index (κ2) is 24.8. The molecule has 8 nitrogen and oxygen atoms in total. The van der Waals surface area contributed by atoms with Crippen LogP contribution in [0, 0.1) is 0 Å². The summed E-state index contributed by atoms with van der Waals surface area (Å²) in [7, 11) is 2.52. The number of aliphatic hydroxyl groups excluding tert-OH is 2. The van der Waals surface area contributed by atoms with E-state index in [2.05, 4.69) is 23.1 Å². The highest BCUT2D eigenvalue weighted by Crippen LogP contribution is 2.01. The van der Waals surface area contributed by atoms with E-state index in [1.165, 1.54) is 0 Å². The lowest BCUT2D eigenvalue weighted by Gasteiger charge is -2.09. The van der Waals surface area contributed by atoms with E-state index in [0.29, 0.717) is 19.6 Å². The van der Waals surface area contributed by atoms with Gasteiger partial charge in [-0.1, -0.05) is 60.7 Å². The Balaban J connectivity index is 0. The van der Waals surface area contributed by atoms with Gasteiger partial charge >= 0.3 is 12.3 Å². The number of aliphatic hydroxyl groups is 2. The summed E-state index contributed by atoms with van der Waals surface area (Å²) in [6.45, 7) is 1.56. The Morgan fingerprint density at radius 3 is 1.88 bits per heavy atom. The van der Waals surface area contributed by atoms with Gasteiger partial charge < -0.3 is 39.1 Å². The van der Waals surface area contributed by atoms with Crippen LogP contribution < -0.4 is 0 Å². The molecule has 1 heterocycles. The van der Waals surface area contributed by atoms with E-state index in [1.54, 1.807) is 0 Å². The minimum atomic E-state index is -0.702. The average molecular weight is 519 g/mol. The summed E-state index contributed by atoms with van der Waals surface area (Å²) in [6, 6.07) is 18.9. The van der Waals surface area contributed by atoms with Crippen molar-refractivity contribution in [2.75, 3.05) is 26.4 Å².